The Balaban J connectivity index is 2.25. The monoisotopic (exact) mass is 192 g/mol. The summed E-state index contributed by atoms with van der Waals surface area (Å²) in [7, 11) is 0. The maximum absolute atomic E-state index is 10.4. The highest BCUT2D eigenvalue weighted by Crippen LogP contribution is 2.15. The van der Waals surface area contributed by atoms with Gasteiger partial charge in [0.25, 0.3) is 5.69 Å². The van der Waals surface area contributed by atoms with E-state index < -0.39 is 4.92 Å². The molecule has 5 nitrogen and oxygen atoms in total. The van der Waals surface area contributed by atoms with E-state index in [1.165, 1.54) is 12.1 Å². The Morgan fingerprint density at radius 2 is 2.07 bits per heavy atom. The van der Waals surface area contributed by atoms with E-state index in [2.05, 4.69) is 5.16 Å². The van der Waals surface area contributed by atoms with Crippen molar-refractivity contribution >= 4 is 11.4 Å². The SMILES string of the molecule is O=[N+]([O-])c1ccc(C2=NOCC2)cc1. The number of nitrogens with zero attached hydrogens (tertiary/aromatic N) is 2. The molecule has 0 aromatic heterocycles. The summed E-state index contributed by atoms with van der Waals surface area (Å²) in [6, 6.07) is 6.31. The summed E-state index contributed by atoms with van der Waals surface area (Å²) in [6.45, 7) is 0.590. The van der Waals surface area contributed by atoms with Crippen LogP contribution in [0.25, 0.3) is 0 Å². The second-order valence-electron chi connectivity index (χ2n) is 2.93. The van der Waals surface area contributed by atoms with Crippen molar-refractivity contribution < 1.29 is 9.76 Å². The average Bonchev–Trinajstić information content (AvgIpc) is 2.71. The number of oxime groups is 1. The molecule has 1 aromatic rings. The fourth-order valence-electron chi connectivity index (χ4n) is 1.28. The first kappa shape index (κ1) is 8.68. The van der Waals surface area contributed by atoms with Crippen molar-refractivity contribution in [3.05, 3.63) is 39.9 Å². The lowest BCUT2D eigenvalue weighted by Gasteiger charge is -1.96. The van der Waals surface area contributed by atoms with Crippen molar-refractivity contribution in [3.63, 3.8) is 0 Å². The van der Waals surface area contributed by atoms with Crippen molar-refractivity contribution in [2.75, 3.05) is 6.61 Å². The number of rotatable bonds is 2. The Morgan fingerprint density at radius 3 is 2.57 bits per heavy atom. The van der Waals surface area contributed by atoms with Gasteiger partial charge in [0, 0.05) is 18.6 Å². The van der Waals surface area contributed by atoms with Gasteiger partial charge >= 0.3 is 0 Å². The number of nitro benzene ring substituents is 1. The maximum Gasteiger partial charge on any atom is 0.269 e. The number of benzene rings is 1. The molecule has 0 atom stereocenters. The van der Waals surface area contributed by atoms with Gasteiger partial charge in [-0.2, -0.15) is 0 Å². The molecule has 2 rings (SSSR count). The molecule has 0 radical (unpaired) electrons. The summed E-state index contributed by atoms with van der Waals surface area (Å²) in [5.74, 6) is 0. The molecule has 1 aliphatic rings. The van der Waals surface area contributed by atoms with E-state index in [0.29, 0.717) is 6.61 Å². The highest BCUT2D eigenvalue weighted by Gasteiger charge is 2.12. The standard InChI is InChI=1S/C9H8N2O3/c12-11(13)8-3-1-7(2-4-8)9-5-6-14-10-9/h1-4H,5-6H2. The molecule has 0 spiro atoms. The Bertz CT molecular complexity index is 384. The minimum atomic E-state index is -0.420. The van der Waals surface area contributed by atoms with Crippen LogP contribution in [0.3, 0.4) is 0 Å². The summed E-state index contributed by atoms with van der Waals surface area (Å²) >= 11 is 0. The summed E-state index contributed by atoms with van der Waals surface area (Å²) in [4.78, 5) is 14.8. The van der Waals surface area contributed by atoms with Crippen LogP contribution in [0.4, 0.5) is 5.69 Å². The van der Waals surface area contributed by atoms with Crippen molar-refractivity contribution in [1.82, 2.24) is 0 Å². The molecule has 0 unspecified atom stereocenters. The van der Waals surface area contributed by atoms with Crippen molar-refractivity contribution in [2.45, 2.75) is 6.42 Å². The molecule has 0 saturated carbocycles. The Hall–Kier alpha value is -1.91. The molecule has 1 heterocycles. The van der Waals surface area contributed by atoms with E-state index in [-0.39, 0.29) is 5.69 Å². The summed E-state index contributed by atoms with van der Waals surface area (Å²) < 4.78 is 0. The van der Waals surface area contributed by atoms with Crippen LogP contribution in [0.2, 0.25) is 0 Å². The van der Waals surface area contributed by atoms with Gasteiger partial charge in [-0.15, -0.1) is 0 Å². The number of hydrogen-bond donors (Lipinski definition) is 0. The van der Waals surface area contributed by atoms with Gasteiger partial charge in [-0.05, 0) is 17.7 Å². The van der Waals surface area contributed by atoms with Gasteiger partial charge in [-0.1, -0.05) is 5.16 Å². The summed E-state index contributed by atoms with van der Waals surface area (Å²) in [6.07, 6.45) is 0.762. The fourth-order valence-corrected chi connectivity index (χ4v) is 1.28. The van der Waals surface area contributed by atoms with Crippen molar-refractivity contribution in [3.8, 4) is 0 Å². The first-order chi connectivity index (χ1) is 6.77. The third kappa shape index (κ3) is 1.56. The second kappa shape index (κ2) is 3.45. The zero-order chi connectivity index (χ0) is 9.97. The molecule has 0 amide bonds. The lowest BCUT2D eigenvalue weighted by Crippen LogP contribution is -1.97. The minimum absolute atomic E-state index is 0.0910. The highest BCUT2D eigenvalue weighted by atomic mass is 16.6. The van der Waals surface area contributed by atoms with Gasteiger partial charge in [-0.25, -0.2) is 0 Å². The predicted octanol–water partition coefficient (Wildman–Crippen LogP) is 1.72. The maximum atomic E-state index is 10.4. The number of nitro groups is 1. The van der Waals surface area contributed by atoms with Gasteiger partial charge in [-0.3, -0.25) is 10.1 Å². The molecule has 14 heavy (non-hydrogen) atoms. The molecular weight excluding hydrogens is 184 g/mol. The molecule has 1 aromatic carbocycles. The van der Waals surface area contributed by atoms with Gasteiger partial charge in [0.05, 0.1) is 10.6 Å². The molecule has 72 valence electrons. The quantitative estimate of drug-likeness (QED) is 0.529. The zero-order valence-corrected chi connectivity index (χ0v) is 7.34. The van der Waals surface area contributed by atoms with Crippen LogP contribution in [-0.4, -0.2) is 17.2 Å². The minimum Gasteiger partial charge on any atom is -0.395 e. The first-order valence-corrected chi connectivity index (χ1v) is 4.21. The van der Waals surface area contributed by atoms with E-state index >= 15 is 0 Å². The molecule has 0 N–H and O–H groups in total. The van der Waals surface area contributed by atoms with Crippen LogP contribution >= 0.6 is 0 Å². The average molecular weight is 192 g/mol. The van der Waals surface area contributed by atoms with E-state index in [1.54, 1.807) is 12.1 Å². The first-order valence-electron chi connectivity index (χ1n) is 4.21. The predicted molar refractivity (Wildman–Crippen MR) is 50.2 cm³/mol. The second-order valence-corrected chi connectivity index (χ2v) is 2.93. The smallest absolute Gasteiger partial charge is 0.269 e. The molecular formula is C9H8N2O3. The molecule has 1 aliphatic heterocycles. The normalized spacial score (nSPS) is 14.7. The Morgan fingerprint density at radius 1 is 1.36 bits per heavy atom. The van der Waals surface area contributed by atoms with Gasteiger partial charge in [0.2, 0.25) is 0 Å². The molecule has 0 saturated heterocycles. The van der Waals surface area contributed by atoms with E-state index in [0.717, 1.165) is 17.7 Å². The summed E-state index contributed by atoms with van der Waals surface area (Å²) in [5, 5.41) is 14.2. The van der Waals surface area contributed by atoms with Crippen LogP contribution in [0, 0.1) is 10.1 Å². The number of hydrogen-bond acceptors (Lipinski definition) is 4. The molecule has 0 fully saturated rings. The van der Waals surface area contributed by atoms with Crippen molar-refractivity contribution in [1.29, 1.82) is 0 Å². The third-order valence-electron chi connectivity index (χ3n) is 2.02. The molecule has 0 aliphatic carbocycles. The Kier molecular flexibility index (Phi) is 2.14. The molecule has 0 bridgehead atoms. The van der Waals surface area contributed by atoms with Crippen LogP contribution in [0.15, 0.2) is 29.4 Å². The largest absolute Gasteiger partial charge is 0.395 e. The summed E-state index contributed by atoms with van der Waals surface area (Å²) in [5.41, 5.74) is 1.82. The van der Waals surface area contributed by atoms with Crippen LogP contribution < -0.4 is 0 Å². The van der Waals surface area contributed by atoms with E-state index in [4.69, 9.17) is 4.84 Å². The highest BCUT2D eigenvalue weighted by molar-refractivity contribution is 6.01. The molecule has 5 heteroatoms. The zero-order valence-electron chi connectivity index (χ0n) is 7.34. The van der Waals surface area contributed by atoms with Crippen molar-refractivity contribution in [2.24, 2.45) is 5.16 Å². The number of non-ortho nitro benzene ring substituents is 1. The van der Waals surface area contributed by atoms with Crippen LogP contribution in [0.1, 0.15) is 12.0 Å². The third-order valence-corrected chi connectivity index (χ3v) is 2.02. The topological polar surface area (TPSA) is 64.7 Å². The Labute approximate surface area is 80.1 Å². The lowest BCUT2D eigenvalue weighted by atomic mass is 10.1. The lowest BCUT2D eigenvalue weighted by molar-refractivity contribution is -0.384. The van der Waals surface area contributed by atoms with Gasteiger partial charge in [0.15, 0.2) is 0 Å². The van der Waals surface area contributed by atoms with Gasteiger partial charge in [0.1, 0.15) is 6.61 Å². The van der Waals surface area contributed by atoms with Gasteiger partial charge < -0.3 is 4.84 Å². The van der Waals surface area contributed by atoms with E-state index in [1.807, 2.05) is 0 Å². The van der Waals surface area contributed by atoms with E-state index in [9.17, 15) is 10.1 Å². The van der Waals surface area contributed by atoms with Crippen LogP contribution in [0.5, 0.6) is 0 Å². The van der Waals surface area contributed by atoms with Crippen LogP contribution in [-0.2, 0) is 4.84 Å². The fraction of sp³-hybridized carbons (Fsp3) is 0.222.